The van der Waals surface area contributed by atoms with Gasteiger partial charge >= 0.3 is 5.97 Å². The van der Waals surface area contributed by atoms with Crippen LogP contribution < -0.4 is 0 Å². The monoisotopic (exact) mass is 292 g/mol. The Morgan fingerprint density at radius 2 is 2.30 bits per heavy atom. The van der Waals surface area contributed by atoms with Crippen LogP contribution in [0.3, 0.4) is 0 Å². The molecule has 1 unspecified atom stereocenters. The zero-order valence-corrected chi connectivity index (χ0v) is 12.1. The van der Waals surface area contributed by atoms with Crippen LogP contribution in [0.4, 0.5) is 0 Å². The van der Waals surface area contributed by atoms with Gasteiger partial charge in [0.1, 0.15) is 5.82 Å². The molecule has 0 spiro atoms. The third-order valence-corrected chi connectivity index (χ3v) is 3.93. The summed E-state index contributed by atoms with van der Waals surface area (Å²) in [5.41, 5.74) is 2.01. The van der Waals surface area contributed by atoms with Crippen molar-refractivity contribution >= 4 is 28.6 Å². The molecule has 1 aliphatic rings. The van der Waals surface area contributed by atoms with Crippen molar-refractivity contribution in [1.82, 2.24) is 9.55 Å². The maximum absolute atomic E-state index is 10.8. The molecule has 5 heteroatoms. The number of nitrogens with zero attached hydrogens (tertiary/aromatic N) is 2. The number of carbonyl (C=O) groups is 1. The number of halogens is 1. The molecule has 1 aliphatic carbocycles. The third kappa shape index (κ3) is 2.66. The van der Waals surface area contributed by atoms with Crippen LogP contribution in [0.2, 0.25) is 5.02 Å². The first-order valence-electron chi connectivity index (χ1n) is 6.92. The molecule has 0 bridgehead atoms. The van der Waals surface area contributed by atoms with E-state index in [0.717, 1.165) is 16.9 Å². The van der Waals surface area contributed by atoms with Crippen molar-refractivity contribution in [2.24, 2.45) is 5.92 Å². The van der Waals surface area contributed by atoms with Crippen molar-refractivity contribution in [2.45, 2.75) is 38.6 Å². The summed E-state index contributed by atoms with van der Waals surface area (Å²) in [5, 5.41) is 9.57. The van der Waals surface area contributed by atoms with Gasteiger partial charge in [-0.1, -0.05) is 18.5 Å². The average molecular weight is 293 g/mol. The normalized spacial score (nSPS) is 16.5. The van der Waals surface area contributed by atoms with Crippen molar-refractivity contribution in [1.29, 1.82) is 0 Å². The number of hydrogen-bond acceptors (Lipinski definition) is 2. The van der Waals surface area contributed by atoms with Crippen LogP contribution in [0, 0.1) is 5.92 Å². The number of carboxylic acid groups (broad SMARTS) is 1. The lowest BCUT2D eigenvalue weighted by molar-refractivity contribution is -0.137. The zero-order chi connectivity index (χ0) is 14.3. The Morgan fingerprint density at radius 3 is 2.95 bits per heavy atom. The molecule has 1 aromatic carbocycles. The van der Waals surface area contributed by atoms with Gasteiger partial charge in [0.25, 0.3) is 0 Å². The van der Waals surface area contributed by atoms with Crippen LogP contribution in [-0.4, -0.2) is 20.6 Å². The number of hydrogen-bond donors (Lipinski definition) is 1. The molecule has 20 heavy (non-hydrogen) atoms. The third-order valence-electron chi connectivity index (χ3n) is 3.69. The molecular weight excluding hydrogens is 276 g/mol. The van der Waals surface area contributed by atoms with Crippen LogP contribution >= 0.6 is 11.6 Å². The highest BCUT2D eigenvalue weighted by Gasteiger charge is 2.28. The summed E-state index contributed by atoms with van der Waals surface area (Å²) < 4.78 is 2.27. The Kier molecular flexibility index (Phi) is 3.42. The van der Waals surface area contributed by atoms with Crippen LogP contribution in [-0.2, 0) is 11.2 Å². The number of rotatable bonds is 5. The minimum atomic E-state index is -0.755. The Balaban J connectivity index is 1.96. The minimum Gasteiger partial charge on any atom is -0.481 e. The largest absolute Gasteiger partial charge is 0.481 e. The minimum absolute atomic E-state index is 0.0808. The van der Waals surface area contributed by atoms with E-state index in [1.165, 1.54) is 12.8 Å². The highest BCUT2D eigenvalue weighted by molar-refractivity contribution is 6.31. The van der Waals surface area contributed by atoms with E-state index in [2.05, 4.69) is 9.55 Å². The van der Waals surface area contributed by atoms with E-state index in [4.69, 9.17) is 16.7 Å². The smallest absolute Gasteiger partial charge is 0.303 e. The van der Waals surface area contributed by atoms with E-state index in [0.29, 0.717) is 17.5 Å². The second-order valence-corrected chi connectivity index (χ2v) is 6.11. The highest BCUT2D eigenvalue weighted by atomic mass is 35.5. The van der Waals surface area contributed by atoms with Crippen molar-refractivity contribution < 1.29 is 9.90 Å². The summed E-state index contributed by atoms with van der Waals surface area (Å²) in [5.74, 6) is 0.311. The van der Waals surface area contributed by atoms with Gasteiger partial charge in [-0.25, -0.2) is 4.98 Å². The summed E-state index contributed by atoms with van der Waals surface area (Å²) in [6.45, 7) is 1.96. The van der Waals surface area contributed by atoms with Gasteiger partial charge in [0, 0.05) is 23.9 Å². The van der Waals surface area contributed by atoms with E-state index in [9.17, 15) is 4.79 Å². The maximum atomic E-state index is 10.8. The first kappa shape index (κ1) is 13.4. The van der Waals surface area contributed by atoms with Crippen molar-refractivity contribution in [2.75, 3.05) is 0 Å². The van der Waals surface area contributed by atoms with Gasteiger partial charge in [-0.2, -0.15) is 0 Å². The summed E-state index contributed by atoms with van der Waals surface area (Å²) in [6.07, 6.45) is 3.21. The van der Waals surface area contributed by atoms with E-state index < -0.39 is 5.97 Å². The second-order valence-electron chi connectivity index (χ2n) is 5.67. The number of carboxylic acids is 1. The van der Waals surface area contributed by atoms with Gasteiger partial charge in [-0.15, -0.1) is 0 Å². The molecule has 1 aromatic heterocycles. The topological polar surface area (TPSA) is 55.1 Å². The molecule has 0 aliphatic heterocycles. The maximum Gasteiger partial charge on any atom is 0.303 e. The number of fused-ring (bicyclic) bond motifs is 1. The van der Waals surface area contributed by atoms with E-state index in [1.807, 2.05) is 25.1 Å². The first-order chi connectivity index (χ1) is 9.54. The fourth-order valence-corrected chi connectivity index (χ4v) is 2.85. The molecule has 0 amide bonds. The van der Waals surface area contributed by atoms with E-state index in [1.54, 1.807) is 0 Å². The van der Waals surface area contributed by atoms with Crippen LogP contribution in [0.15, 0.2) is 18.2 Å². The van der Waals surface area contributed by atoms with Gasteiger partial charge in [0.05, 0.1) is 11.0 Å². The predicted molar refractivity (Wildman–Crippen MR) is 78.1 cm³/mol. The molecule has 106 valence electrons. The van der Waals surface area contributed by atoms with Crippen LogP contribution in [0.5, 0.6) is 0 Å². The lowest BCUT2D eigenvalue weighted by atomic mass is 10.0. The molecule has 2 aromatic rings. The number of benzene rings is 1. The fourth-order valence-electron chi connectivity index (χ4n) is 2.69. The molecule has 0 radical (unpaired) electrons. The molecule has 1 fully saturated rings. The number of aliphatic carboxylic acids is 1. The van der Waals surface area contributed by atoms with Crippen molar-refractivity contribution in [3.8, 4) is 0 Å². The zero-order valence-electron chi connectivity index (χ0n) is 11.3. The molecule has 0 saturated heterocycles. The van der Waals surface area contributed by atoms with Crippen LogP contribution in [0.1, 0.15) is 38.1 Å². The molecule has 1 saturated carbocycles. The molecular formula is C15H17ClN2O2. The summed E-state index contributed by atoms with van der Waals surface area (Å²) >= 11 is 6.02. The molecule has 1 atom stereocenters. The molecule has 4 nitrogen and oxygen atoms in total. The van der Waals surface area contributed by atoms with Gasteiger partial charge in [-0.05, 0) is 37.0 Å². The van der Waals surface area contributed by atoms with Crippen molar-refractivity contribution in [3.63, 3.8) is 0 Å². The Bertz CT molecular complexity index is 661. The quantitative estimate of drug-likeness (QED) is 0.914. The average Bonchev–Trinajstić information content (AvgIpc) is 3.10. The van der Waals surface area contributed by atoms with Gasteiger partial charge in [0.15, 0.2) is 0 Å². The highest BCUT2D eigenvalue weighted by Crippen LogP contribution is 2.39. The fraction of sp³-hybridized carbons (Fsp3) is 0.467. The van der Waals surface area contributed by atoms with Crippen LogP contribution in [0.25, 0.3) is 11.0 Å². The lowest BCUT2D eigenvalue weighted by Gasteiger charge is -2.11. The van der Waals surface area contributed by atoms with Crippen molar-refractivity contribution in [3.05, 3.63) is 29.0 Å². The first-order valence-corrected chi connectivity index (χ1v) is 7.30. The second kappa shape index (κ2) is 5.09. The number of imidazole rings is 1. The Hall–Kier alpha value is -1.55. The van der Waals surface area contributed by atoms with Gasteiger partial charge in [-0.3, -0.25) is 4.79 Å². The SMILES string of the molecule is CC(CC(=O)O)Cc1nc2cc(Cl)ccc2n1C1CC1. The standard InChI is InChI=1S/C15H17ClN2O2/c1-9(7-15(19)20)6-14-17-12-8-10(16)2-5-13(12)18(14)11-3-4-11/h2,5,8-9,11H,3-4,6-7H2,1H3,(H,19,20). The van der Waals surface area contributed by atoms with E-state index in [-0.39, 0.29) is 12.3 Å². The molecule has 1 heterocycles. The Morgan fingerprint density at radius 1 is 1.55 bits per heavy atom. The summed E-state index contributed by atoms with van der Waals surface area (Å²) in [6, 6.07) is 6.29. The van der Waals surface area contributed by atoms with E-state index >= 15 is 0 Å². The lowest BCUT2D eigenvalue weighted by Crippen LogP contribution is -2.11. The molecule has 3 rings (SSSR count). The van der Waals surface area contributed by atoms with Gasteiger partial charge in [0.2, 0.25) is 0 Å². The predicted octanol–water partition coefficient (Wildman–Crippen LogP) is 3.68. The summed E-state index contributed by atoms with van der Waals surface area (Å²) in [4.78, 5) is 15.5. The number of aromatic nitrogens is 2. The Labute approximate surface area is 122 Å². The molecule has 1 N–H and O–H groups in total. The summed E-state index contributed by atoms with van der Waals surface area (Å²) in [7, 11) is 0. The van der Waals surface area contributed by atoms with Gasteiger partial charge < -0.3 is 9.67 Å².